The molecule has 2 aliphatic heterocycles. The molecule has 31 heavy (non-hydrogen) atoms. The van der Waals surface area contributed by atoms with Crippen molar-refractivity contribution in [2.24, 2.45) is 5.16 Å². The van der Waals surface area contributed by atoms with Crippen LogP contribution in [0.25, 0.3) is 11.0 Å². The average Bonchev–Trinajstić information content (AvgIpc) is 3.39. The first-order valence-electron chi connectivity index (χ1n) is 11.4. The quantitative estimate of drug-likeness (QED) is 0.770. The maximum absolute atomic E-state index is 11.3. The lowest BCUT2D eigenvalue weighted by molar-refractivity contribution is -0.0449. The van der Waals surface area contributed by atoms with Crippen LogP contribution in [-0.2, 0) is 11.4 Å². The second-order valence-electron chi connectivity index (χ2n) is 8.98. The van der Waals surface area contributed by atoms with Gasteiger partial charge in [-0.2, -0.15) is 5.10 Å². The first-order valence-corrected chi connectivity index (χ1v) is 11.4. The fraction of sp³-hybridized carbons (Fsp3) is 0.636. The summed E-state index contributed by atoms with van der Waals surface area (Å²) in [5.74, 6) is 0. The number of hydrogen-bond acceptors (Lipinski definition) is 6. The van der Waals surface area contributed by atoms with Gasteiger partial charge >= 0.3 is 6.09 Å². The Bertz CT molecular complexity index is 1000. The summed E-state index contributed by atoms with van der Waals surface area (Å²) in [5.41, 5.74) is 3.62. The van der Waals surface area contributed by atoms with Crippen LogP contribution < -0.4 is 5.32 Å². The molecule has 0 radical (unpaired) electrons. The van der Waals surface area contributed by atoms with Gasteiger partial charge in [0.15, 0.2) is 5.65 Å². The van der Waals surface area contributed by atoms with E-state index in [2.05, 4.69) is 22.5 Å². The molecule has 3 aliphatic rings. The van der Waals surface area contributed by atoms with E-state index in [0.717, 1.165) is 66.6 Å². The number of carboxylic acid groups (broad SMARTS) is 1. The molecule has 166 valence electrons. The first kappa shape index (κ1) is 20.1. The van der Waals surface area contributed by atoms with E-state index in [9.17, 15) is 9.90 Å². The SMILES string of the molecule is CCn1ncc2c(NC3CCN(C(=O)O)CC3)c(C3=NOC4(CCCCC4)C3)cnc21. The third-order valence-corrected chi connectivity index (χ3v) is 6.99. The van der Waals surface area contributed by atoms with E-state index in [0.29, 0.717) is 13.1 Å². The number of pyridine rings is 1. The number of aryl methyl sites for hydroxylation is 1. The molecule has 5 rings (SSSR count). The Kier molecular flexibility index (Phi) is 5.19. The fourth-order valence-electron chi connectivity index (χ4n) is 5.18. The van der Waals surface area contributed by atoms with Crippen molar-refractivity contribution >= 4 is 28.5 Å². The normalized spacial score (nSPS) is 21.3. The van der Waals surface area contributed by atoms with Crippen molar-refractivity contribution in [1.82, 2.24) is 19.7 Å². The van der Waals surface area contributed by atoms with E-state index in [4.69, 9.17) is 9.82 Å². The molecule has 1 saturated carbocycles. The summed E-state index contributed by atoms with van der Waals surface area (Å²) in [6.45, 7) is 3.88. The maximum atomic E-state index is 11.3. The zero-order chi connectivity index (χ0) is 21.4. The topological polar surface area (TPSA) is 105 Å². The molecule has 0 unspecified atom stereocenters. The third kappa shape index (κ3) is 3.70. The molecule has 9 heteroatoms. The Labute approximate surface area is 181 Å². The number of carbonyl (C=O) groups is 1. The summed E-state index contributed by atoms with van der Waals surface area (Å²) < 4.78 is 1.90. The van der Waals surface area contributed by atoms with Gasteiger partial charge in [-0.3, -0.25) is 0 Å². The van der Waals surface area contributed by atoms with E-state index < -0.39 is 6.09 Å². The minimum atomic E-state index is -0.843. The molecule has 4 heterocycles. The van der Waals surface area contributed by atoms with Crippen LogP contribution in [0.1, 0.15) is 63.9 Å². The summed E-state index contributed by atoms with van der Waals surface area (Å²) in [5, 5.41) is 23.0. The number of rotatable bonds is 4. The minimum absolute atomic E-state index is 0.153. The Hall–Kier alpha value is -2.84. The molecule has 9 nitrogen and oxygen atoms in total. The van der Waals surface area contributed by atoms with Gasteiger partial charge in [-0.05, 0) is 45.4 Å². The standard InChI is InChI=1S/C22H30N6O3/c1-2-28-20-17(14-24-28)19(25-15-6-10-27(11-7-15)21(29)30)16(13-23-20)18-12-22(31-26-18)8-4-3-5-9-22/h13-15H,2-12H2,1H3,(H,23,25)(H,29,30). The zero-order valence-corrected chi connectivity index (χ0v) is 18.0. The van der Waals surface area contributed by atoms with Gasteiger partial charge in [-0.1, -0.05) is 11.6 Å². The summed E-state index contributed by atoms with van der Waals surface area (Å²) in [4.78, 5) is 23.5. The number of aromatic nitrogens is 3. The van der Waals surface area contributed by atoms with Crippen molar-refractivity contribution in [2.45, 2.75) is 76.5 Å². The van der Waals surface area contributed by atoms with E-state index >= 15 is 0 Å². The number of piperidine rings is 1. The number of amides is 1. The van der Waals surface area contributed by atoms with Crippen LogP contribution in [-0.4, -0.2) is 61.3 Å². The first-order chi connectivity index (χ1) is 15.1. The van der Waals surface area contributed by atoms with Crippen molar-refractivity contribution in [3.8, 4) is 0 Å². The molecular weight excluding hydrogens is 396 g/mol. The Morgan fingerprint density at radius 3 is 2.74 bits per heavy atom. The monoisotopic (exact) mass is 426 g/mol. The highest BCUT2D eigenvalue weighted by atomic mass is 16.7. The molecule has 2 aromatic heterocycles. The summed E-state index contributed by atoms with van der Waals surface area (Å²) >= 11 is 0. The molecule has 2 aromatic rings. The molecule has 2 N–H and O–H groups in total. The molecule has 0 atom stereocenters. The van der Waals surface area contributed by atoms with Gasteiger partial charge in [0.05, 0.1) is 23.0 Å². The second kappa shape index (κ2) is 8.01. The van der Waals surface area contributed by atoms with Crippen molar-refractivity contribution in [1.29, 1.82) is 0 Å². The van der Waals surface area contributed by atoms with Gasteiger partial charge in [-0.25, -0.2) is 14.5 Å². The average molecular weight is 427 g/mol. The van der Waals surface area contributed by atoms with Crippen LogP contribution in [0.4, 0.5) is 10.5 Å². The molecule has 0 bridgehead atoms. The highest BCUT2D eigenvalue weighted by Gasteiger charge is 2.41. The van der Waals surface area contributed by atoms with Crippen LogP contribution in [0.15, 0.2) is 17.5 Å². The number of oxime groups is 1. The lowest BCUT2D eigenvalue weighted by Gasteiger charge is -2.32. The number of hydrogen-bond donors (Lipinski definition) is 2. The predicted molar refractivity (Wildman–Crippen MR) is 117 cm³/mol. The maximum Gasteiger partial charge on any atom is 0.407 e. The van der Waals surface area contributed by atoms with Crippen molar-refractivity contribution in [2.75, 3.05) is 18.4 Å². The summed E-state index contributed by atoms with van der Waals surface area (Å²) in [7, 11) is 0. The Balaban J connectivity index is 1.45. The number of anilines is 1. The second-order valence-corrected chi connectivity index (χ2v) is 8.98. The van der Waals surface area contributed by atoms with Crippen LogP contribution in [0, 0.1) is 0 Å². The van der Waals surface area contributed by atoms with Gasteiger partial charge in [0, 0.05) is 43.9 Å². The van der Waals surface area contributed by atoms with Gasteiger partial charge < -0.3 is 20.2 Å². The molecule has 1 saturated heterocycles. The fourth-order valence-corrected chi connectivity index (χ4v) is 5.18. The van der Waals surface area contributed by atoms with Crippen LogP contribution in [0.5, 0.6) is 0 Å². The summed E-state index contributed by atoms with van der Waals surface area (Å²) in [6.07, 6.45) is 11.0. The third-order valence-electron chi connectivity index (χ3n) is 6.99. The number of nitrogens with zero attached hydrogens (tertiary/aromatic N) is 5. The van der Waals surface area contributed by atoms with Gasteiger partial charge in [0.1, 0.15) is 5.60 Å². The van der Waals surface area contributed by atoms with E-state index in [1.165, 1.54) is 24.2 Å². The van der Waals surface area contributed by atoms with Crippen LogP contribution in [0.3, 0.4) is 0 Å². The summed E-state index contributed by atoms with van der Waals surface area (Å²) in [6, 6.07) is 0.191. The highest BCUT2D eigenvalue weighted by Crippen LogP contribution is 2.41. The lowest BCUT2D eigenvalue weighted by atomic mass is 9.80. The van der Waals surface area contributed by atoms with E-state index in [1.807, 2.05) is 17.1 Å². The lowest BCUT2D eigenvalue weighted by Crippen LogP contribution is -2.41. The van der Waals surface area contributed by atoms with Crippen LogP contribution >= 0.6 is 0 Å². The van der Waals surface area contributed by atoms with Gasteiger partial charge in [-0.15, -0.1) is 0 Å². The number of nitrogens with one attached hydrogen (secondary N) is 1. The zero-order valence-electron chi connectivity index (χ0n) is 18.0. The number of fused-ring (bicyclic) bond motifs is 1. The van der Waals surface area contributed by atoms with Crippen molar-refractivity contribution in [3.05, 3.63) is 18.0 Å². The smallest absolute Gasteiger partial charge is 0.407 e. The molecule has 2 fully saturated rings. The molecule has 1 amide bonds. The minimum Gasteiger partial charge on any atom is -0.465 e. The molecular formula is C22H30N6O3. The Morgan fingerprint density at radius 2 is 2.03 bits per heavy atom. The van der Waals surface area contributed by atoms with Crippen molar-refractivity contribution < 1.29 is 14.7 Å². The number of likely N-dealkylation sites (tertiary alicyclic amines) is 1. The van der Waals surface area contributed by atoms with E-state index in [1.54, 1.807) is 0 Å². The van der Waals surface area contributed by atoms with Crippen molar-refractivity contribution in [3.63, 3.8) is 0 Å². The largest absolute Gasteiger partial charge is 0.465 e. The molecule has 1 spiro atoms. The van der Waals surface area contributed by atoms with Crippen LogP contribution in [0.2, 0.25) is 0 Å². The molecule has 1 aliphatic carbocycles. The predicted octanol–water partition coefficient (Wildman–Crippen LogP) is 3.83. The Morgan fingerprint density at radius 1 is 1.26 bits per heavy atom. The highest BCUT2D eigenvalue weighted by molar-refractivity contribution is 6.10. The van der Waals surface area contributed by atoms with Gasteiger partial charge in [0.25, 0.3) is 0 Å². The van der Waals surface area contributed by atoms with E-state index in [-0.39, 0.29) is 11.6 Å². The van der Waals surface area contributed by atoms with Gasteiger partial charge in [0.2, 0.25) is 0 Å². The molecule has 0 aromatic carbocycles.